The van der Waals surface area contributed by atoms with Gasteiger partial charge in [-0.05, 0) is 28.9 Å². The van der Waals surface area contributed by atoms with Gasteiger partial charge in [0.25, 0.3) is 0 Å². The van der Waals surface area contributed by atoms with E-state index in [1.165, 1.54) is 6.07 Å². The lowest BCUT2D eigenvalue weighted by Crippen LogP contribution is -1.77. The van der Waals surface area contributed by atoms with Crippen molar-refractivity contribution < 1.29 is 8.91 Å². The average Bonchev–Trinajstić information content (AvgIpc) is 2.35. The van der Waals surface area contributed by atoms with Crippen LogP contribution in [0.5, 0.6) is 0 Å². The van der Waals surface area contributed by atoms with Crippen molar-refractivity contribution >= 4 is 26.9 Å². The third-order valence-corrected chi connectivity index (χ3v) is 2.30. The molecule has 0 amide bonds. The molecule has 2 rings (SSSR count). The molecule has 1 heterocycles. The third kappa shape index (κ3) is 1.03. The minimum Gasteiger partial charge on any atom is -0.356 e. The fourth-order valence-corrected chi connectivity index (χ4v) is 1.38. The zero-order chi connectivity index (χ0) is 8.72. The number of fused-ring (bicyclic) bond motifs is 1. The number of aromatic nitrogens is 1. The summed E-state index contributed by atoms with van der Waals surface area (Å²) in [7, 11) is 0. The zero-order valence-corrected chi connectivity index (χ0v) is 7.85. The van der Waals surface area contributed by atoms with Gasteiger partial charge in [0.05, 0.1) is 10.2 Å². The first-order chi connectivity index (χ1) is 5.68. The van der Waals surface area contributed by atoms with Crippen molar-refractivity contribution in [2.24, 2.45) is 0 Å². The highest BCUT2D eigenvalue weighted by atomic mass is 79.9. The first kappa shape index (κ1) is 7.73. The number of halogens is 2. The molecule has 0 N–H and O–H groups in total. The highest BCUT2D eigenvalue weighted by molar-refractivity contribution is 9.10. The molecule has 12 heavy (non-hydrogen) atoms. The summed E-state index contributed by atoms with van der Waals surface area (Å²) in [5.41, 5.74) is 1.30. The molecule has 0 saturated carbocycles. The van der Waals surface area contributed by atoms with Gasteiger partial charge in [-0.15, -0.1) is 0 Å². The summed E-state index contributed by atoms with van der Waals surface area (Å²) in [4.78, 5) is 0. The first-order valence-corrected chi connectivity index (χ1v) is 4.19. The van der Waals surface area contributed by atoms with Gasteiger partial charge in [-0.3, -0.25) is 0 Å². The molecule has 0 unspecified atom stereocenters. The van der Waals surface area contributed by atoms with Crippen LogP contribution in [-0.4, -0.2) is 5.16 Å². The van der Waals surface area contributed by atoms with Gasteiger partial charge >= 0.3 is 0 Å². The average molecular weight is 230 g/mol. The van der Waals surface area contributed by atoms with Gasteiger partial charge < -0.3 is 4.52 Å². The number of hydrogen-bond donors (Lipinski definition) is 0. The summed E-state index contributed by atoms with van der Waals surface area (Å²) >= 11 is 3.06. The predicted molar refractivity (Wildman–Crippen MR) is 46.4 cm³/mol. The second kappa shape index (κ2) is 2.55. The van der Waals surface area contributed by atoms with Crippen molar-refractivity contribution in [1.29, 1.82) is 0 Å². The molecule has 0 fully saturated rings. The Morgan fingerprint density at radius 1 is 1.50 bits per heavy atom. The van der Waals surface area contributed by atoms with Crippen LogP contribution in [0.2, 0.25) is 0 Å². The van der Waals surface area contributed by atoms with E-state index in [-0.39, 0.29) is 5.82 Å². The van der Waals surface area contributed by atoms with Gasteiger partial charge in [0.15, 0.2) is 5.58 Å². The second-order valence-electron chi connectivity index (χ2n) is 2.53. The molecular weight excluding hydrogens is 225 g/mol. The Hall–Kier alpha value is -0.900. The summed E-state index contributed by atoms with van der Waals surface area (Å²) in [5.74, 6) is -0.297. The van der Waals surface area contributed by atoms with Gasteiger partial charge in [0.2, 0.25) is 0 Å². The van der Waals surface area contributed by atoms with Gasteiger partial charge in [-0.1, -0.05) is 5.16 Å². The molecule has 0 aliphatic carbocycles. The van der Waals surface area contributed by atoms with Crippen LogP contribution < -0.4 is 0 Å². The van der Waals surface area contributed by atoms with Crippen LogP contribution in [0.1, 0.15) is 5.69 Å². The topological polar surface area (TPSA) is 26.0 Å². The summed E-state index contributed by atoms with van der Waals surface area (Å²) in [6, 6.07) is 2.98. The fourth-order valence-electron chi connectivity index (χ4n) is 1.05. The second-order valence-corrected chi connectivity index (χ2v) is 3.38. The van der Waals surface area contributed by atoms with E-state index in [0.29, 0.717) is 15.7 Å². The predicted octanol–water partition coefficient (Wildman–Crippen LogP) is 3.04. The van der Waals surface area contributed by atoms with Crippen LogP contribution in [0.4, 0.5) is 4.39 Å². The van der Waals surface area contributed by atoms with Crippen LogP contribution in [0.3, 0.4) is 0 Å². The van der Waals surface area contributed by atoms with E-state index in [2.05, 4.69) is 21.1 Å². The highest BCUT2D eigenvalue weighted by Gasteiger charge is 2.07. The Morgan fingerprint density at radius 2 is 2.25 bits per heavy atom. The molecule has 0 radical (unpaired) electrons. The van der Waals surface area contributed by atoms with Crippen LogP contribution >= 0.6 is 15.9 Å². The lowest BCUT2D eigenvalue weighted by Gasteiger charge is -1.92. The number of nitrogens with zero attached hydrogens (tertiary/aromatic N) is 1. The molecule has 0 saturated heterocycles. The van der Waals surface area contributed by atoms with Crippen molar-refractivity contribution in [3.8, 4) is 0 Å². The van der Waals surface area contributed by atoms with Gasteiger partial charge in [-0.2, -0.15) is 0 Å². The standard InChI is InChI=1S/C8H5BrFNO/c1-4-5-2-7(10)6(9)3-8(5)12-11-4/h2-3H,1H3. The number of hydrogen-bond acceptors (Lipinski definition) is 2. The molecule has 4 heteroatoms. The van der Waals surface area contributed by atoms with E-state index >= 15 is 0 Å². The smallest absolute Gasteiger partial charge is 0.168 e. The maximum atomic E-state index is 13.0. The van der Waals surface area contributed by atoms with Gasteiger partial charge in [0, 0.05) is 11.5 Å². The fraction of sp³-hybridized carbons (Fsp3) is 0.125. The molecule has 1 aromatic heterocycles. The summed E-state index contributed by atoms with van der Waals surface area (Å²) in [6.07, 6.45) is 0. The third-order valence-electron chi connectivity index (χ3n) is 1.69. The Labute approximate surface area is 76.5 Å². The molecule has 0 aliphatic rings. The van der Waals surface area contributed by atoms with Crippen LogP contribution in [0, 0.1) is 12.7 Å². The molecular formula is C8H5BrFNO. The van der Waals surface area contributed by atoms with Crippen molar-refractivity contribution in [3.63, 3.8) is 0 Å². The van der Waals surface area contributed by atoms with Crippen molar-refractivity contribution in [1.82, 2.24) is 5.16 Å². The highest BCUT2D eigenvalue weighted by Crippen LogP contribution is 2.24. The minimum absolute atomic E-state index is 0.297. The van der Waals surface area contributed by atoms with Gasteiger partial charge in [-0.25, -0.2) is 4.39 Å². The maximum absolute atomic E-state index is 13.0. The quantitative estimate of drug-likeness (QED) is 0.695. The number of benzene rings is 1. The molecule has 2 aromatic rings. The summed E-state index contributed by atoms with van der Waals surface area (Å²) in [5, 5.41) is 4.43. The number of rotatable bonds is 0. The van der Waals surface area contributed by atoms with Crippen molar-refractivity contribution in [3.05, 3.63) is 28.1 Å². The maximum Gasteiger partial charge on any atom is 0.168 e. The van der Waals surface area contributed by atoms with Gasteiger partial charge in [0.1, 0.15) is 5.82 Å². The molecule has 0 atom stereocenters. The lowest BCUT2D eigenvalue weighted by atomic mass is 10.2. The Morgan fingerprint density at radius 3 is 3.00 bits per heavy atom. The Kier molecular flexibility index (Phi) is 1.65. The summed E-state index contributed by atoms with van der Waals surface area (Å²) < 4.78 is 18.3. The lowest BCUT2D eigenvalue weighted by molar-refractivity contribution is 0.450. The Balaban J connectivity index is 2.87. The molecule has 0 spiro atoms. The van der Waals surface area contributed by atoms with E-state index in [1.807, 2.05) is 0 Å². The molecule has 0 aliphatic heterocycles. The summed E-state index contributed by atoms with van der Waals surface area (Å²) in [6.45, 7) is 1.78. The van der Waals surface area contributed by atoms with Crippen LogP contribution in [0.25, 0.3) is 11.0 Å². The van der Waals surface area contributed by atoms with E-state index in [0.717, 1.165) is 5.39 Å². The van der Waals surface area contributed by atoms with Crippen molar-refractivity contribution in [2.75, 3.05) is 0 Å². The monoisotopic (exact) mass is 229 g/mol. The largest absolute Gasteiger partial charge is 0.356 e. The minimum atomic E-state index is -0.297. The zero-order valence-electron chi connectivity index (χ0n) is 6.27. The molecule has 2 nitrogen and oxygen atoms in total. The molecule has 1 aromatic carbocycles. The van der Waals surface area contributed by atoms with E-state index in [4.69, 9.17) is 4.52 Å². The SMILES string of the molecule is Cc1noc2cc(Br)c(F)cc12. The van der Waals surface area contributed by atoms with E-state index < -0.39 is 0 Å². The number of aryl methyl sites for hydroxylation is 1. The Bertz CT molecular complexity index is 438. The normalized spacial score (nSPS) is 10.9. The van der Waals surface area contributed by atoms with Crippen LogP contribution in [-0.2, 0) is 0 Å². The van der Waals surface area contributed by atoms with Crippen LogP contribution in [0.15, 0.2) is 21.1 Å². The molecule has 0 bridgehead atoms. The van der Waals surface area contributed by atoms with E-state index in [1.54, 1.807) is 13.0 Å². The molecule has 62 valence electrons. The van der Waals surface area contributed by atoms with E-state index in [9.17, 15) is 4.39 Å². The van der Waals surface area contributed by atoms with Crippen molar-refractivity contribution in [2.45, 2.75) is 6.92 Å². The first-order valence-electron chi connectivity index (χ1n) is 3.39.